The van der Waals surface area contributed by atoms with E-state index in [1.165, 1.54) is 0 Å². The molecular formula is C17H18ClNO2. The fourth-order valence-corrected chi connectivity index (χ4v) is 2.40. The number of amides is 1. The van der Waals surface area contributed by atoms with Gasteiger partial charge in [-0.05, 0) is 42.7 Å². The average molecular weight is 304 g/mol. The number of hydrogen-bond acceptors (Lipinski definition) is 2. The maximum Gasteiger partial charge on any atom is 0.224 e. The number of aryl methyl sites for hydroxylation is 2. The molecule has 0 atom stereocenters. The van der Waals surface area contributed by atoms with Crippen molar-refractivity contribution in [3.05, 3.63) is 58.6 Å². The third-order valence-electron chi connectivity index (χ3n) is 3.19. The van der Waals surface area contributed by atoms with Crippen molar-refractivity contribution in [1.82, 2.24) is 0 Å². The monoisotopic (exact) mass is 303 g/mol. The number of rotatable bonds is 5. The van der Waals surface area contributed by atoms with Gasteiger partial charge >= 0.3 is 0 Å². The first kappa shape index (κ1) is 15.4. The van der Waals surface area contributed by atoms with E-state index in [-0.39, 0.29) is 5.91 Å². The Morgan fingerprint density at radius 2 is 2.00 bits per heavy atom. The molecule has 0 fully saturated rings. The van der Waals surface area contributed by atoms with Crippen LogP contribution in [0.3, 0.4) is 0 Å². The van der Waals surface area contributed by atoms with Crippen LogP contribution in [0.2, 0.25) is 5.02 Å². The standard InChI is InChI=1S/C17H18ClNO2/c1-12-5-3-7-14(11-12)19-16(20)10-9-13-6-4-8-15(21-2)17(13)18/h3-8,11H,9-10H2,1-2H3,(H,19,20). The summed E-state index contributed by atoms with van der Waals surface area (Å²) in [6.45, 7) is 1.99. The van der Waals surface area contributed by atoms with E-state index in [2.05, 4.69) is 5.32 Å². The number of nitrogens with one attached hydrogen (secondary N) is 1. The maximum absolute atomic E-state index is 12.0. The molecule has 0 bridgehead atoms. The molecule has 1 N–H and O–H groups in total. The van der Waals surface area contributed by atoms with Crippen LogP contribution in [-0.2, 0) is 11.2 Å². The smallest absolute Gasteiger partial charge is 0.224 e. The van der Waals surface area contributed by atoms with Crippen molar-refractivity contribution in [2.24, 2.45) is 0 Å². The third-order valence-corrected chi connectivity index (χ3v) is 3.62. The minimum absolute atomic E-state index is 0.0283. The Labute approximate surface area is 129 Å². The van der Waals surface area contributed by atoms with Crippen LogP contribution in [0.25, 0.3) is 0 Å². The first-order chi connectivity index (χ1) is 10.1. The van der Waals surface area contributed by atoms with Gasteiger partial charge in [0.1, 0.15) is 5.75 Å². The summed E-state index contributed by atoms with van der Waals surface area (Å²) in [6.07, 6.45) is 0.953. The van der Waals surface area contributed by atoms with Gasteiger partial charge in [0.2, 0.25) is 5.91 Å². The van der Waals surface area contributed by atoms with Crippen molar-refractivity contribution in [2.75, 3.05) is 12.4 Å². The summed E-state index contributed by atoms with van der Waals surface area (Å²) in [7, 11) is 1.58. The van der Waals surface area contributed by atoms with E-state index in [0.717, 1.165) is 16.8 Å². The van der Waals surface area contributed by atoms with Gasteiger partial charge in [-0.3, -0.25) is 4.79 Å². The van der Waals surface area contributed by atoms with Gasteiger partial charge in [-0.2, -0.15) is 0 Å². The van der Waals surface area contributed by atoms with Crippen LogP contribution in [0.5, 0.6) is 5.75 Å². The summed E-state index contributed by atoms with van der Waals surface area (Å²) in [5.74, 6) is 0.604. The number of methoxy groups -OCH3 is 1. The van der Waals surface area contributed by atoms with E-state index >= 15 is 0 Å². The van der Waals surface area contributed by atoms with E-state index in [1.54, 1.807) is 13.2 Å². The van der Waals surface area contributed by atoms with E-state index in [4.69, 9.17) is 16.3 Å². The molecule has 0 radical (unpaired) electrons. The fraction of sp³-hybridized carbons (Fsp3) is 0.235. The van der Waals surface area contributed by atoms with Gasteiger partial charge in [0, 0.05) is 12.1 Å². The number of ether oxygens (including phenoxy) is 1. The number of carbonyl (C=O) groups is 1. The molecule has 0 spiro atoms. The van der Waals surface area contributed by atoms with Crippen molar-refractivity contribution < 1.29 is 9.53 Å². The molecule has 1 amide bonds. The molecule has 21 heavy (non-hydrogen) atoms. The SMILES string of the molecule is COc1cccc(CCC(=O)Nc2cccc(C)c2)c1Cl. The van der Waals surface area contributed by atoms with Crippen molar-refractivity contribution in [1.29, 1.82) is 0 Å². The van der Waals surface area contributed by atoms with Gasteiger partial charge in [-0.15, -0.1) is 0 Å². The van der Waals surface area contributed by atoms with Crippen LogP contribution in [0.4, 0.5) is 5.69 Å². The summed E-state index contributed by atoms with van der Waals surface area (Å²) in [5, 5.41) is 3.46. The average Bonchev–Trinajstić information content (AvgIpc) is 2.46. The predicted molar refractivity (Wildman–Crippen MR) is 86.1 cm³/mol. The zero-order chi connectivity index (χ0) is 15.2. The summed E-state index contributed by atoms with van der Waals surface area (Å²) in [5.41, 5.74) is 2.84. The fourth-order valence-electron chi connectivity index (χ4n) is 2.10. The number of carbonyl (C=O) groups excluding carboxylic acids is 1. The number of benzene rings is 2. The molecule has 0 saturated heterocycles. The van der Waals surface area contributed by atoms with E-state index < -0.39 is 0 Å². The third kappa shape index (κ3) is 4.23. The first-order valence-corrected chi connectivity index (χ1v) is 7.16. The highest BCUT2D eigenvalue weighted by Gasteiger charge is 2.09. The lowest BCUT2D eigenvalue weighted by atomic mass is 10.1. The second-order valence-electron chi connectivity index (χ2n) is 4.85. The summed E-state index contributed by atoms with van der Waals surface area (Å²) < 4.78 is 5.17. The van der Waals surface area contributed by atoms with Gasteiger partial charge in [0.25, 0.3) is 0 Å². The van der Waals surface area contributed by atoms with Gasteiger partial charge in [0.05, 0.1) is 12.1 Å². The van der Waals surface area contributed by atoms with Crippen LogP contribution in [0.15, 0.2) is 42.5 Å². The molecule has 0 saturated carbocycles. The van der Waals surface area contributed by atoms with Crippen LogP contribution in [-0.4, -0.2) is 13.0 Å². The first-order valence-electron chi connectivity index (χ1n) is 6.78. The lowest BCUT2D eigenvalue weighted by Gasteiger charge is -2.09. The second-order valence-corrected chi connectivity index (χ2v) is 5.23. The van der Waals surface area contributed by atoms with Gasteiger partial charge in [-0.1, -0.05) is 35.9 Å². The van der Waals surface area contributed by atoms with Crippen LogP contribution in [0.1, 0.15) is 17.5 Å². The molecule has 0 aliphatic carbocycles. The minimum Gasteiger partial charge on any atom is -0.495 e. The summed E-state index contributed by atoms with van der Waals surface area (Å²) >= 11 is 6.22. The predicted octanol–water partition coefficient (Wildman–Crippen LogP) is 4.23. The Morgan fingerprint density at radius 3 is 2.71 bits per heavy atom. The van der Waals surface area contributed by atoms with E-state index in [0.29, 0.717) is 23.6 Å². The second kappa shape index (κ2) is 7.14. The quantitative estimate of drug-likeness (QED) is 0.897. The Balaban J connectivity index is 1.95. The normalized spacial score (nSPS) is 10.2. The summed E-state index contributed by atoms with van der Waals surface area (Å²) in [4.78, 5) is 12.0. The highest BCUT2D eigenvalue weighted by atomic mass is 35.5. The van der Waals surface area contributed by atoms with E-state index in [9.17, 15) is 4.79 Å². The van der Waals surface area contributed by atoms with Crippen molar-refractivity contribution in [3.8, 4) is 5.75 Å². The molecule has 3 nitrogen and oxygen atoms in total. The van der Waals surface area contributed by atoms with Crippen molar-refractivity contribution >= 4 is 23.2 Å². The number of halogens is 1. The highest BCUT2D eigenvalue weighted by Crippen LogP contribution is 2.28. The molecular weight excluding hydrogens is 286 g/mol. The largest absolute Gasteiger partial charge is 0.495 e. The molecule has 0 aliphatic heterocycles. The molecule has 0 unspecified atom stereocenters. The highest BCUT2D eigenvalue weighted by molar-refractivity contribution is 6.32. The van der Waals surface area contributed by atoms with Crippen molar-refractivity contribution in [2.45, 2.75) is 19.8 Å². The Bertz CT molecular complexity index is 640. The van der Waals surface area contributed by atoms with Crippen molar-refractivity contribution in [3.63, 3.8) is 0 Å². The molecule has 2 aromatic rings. The Hall–Kier alpha value is -2.00. The Kier molecular flexibility index (Phi) is 5.23. The molecule has 110 valence electrons. The minimum atomic E-state index is -0.0283. The molecule has 0 heterocycles. The molecule has 0 aromatic heterocycles. The van der Waals surface area contributed by atoms with Gasteiger partial charge in [-0.25, -0.2) is 0 Å². The zero-order valence-corrected chi connectivity index (χ0v) is 12.9. The number of hydrogen-bond donors (Lipinski definition) is 1. The Morgan fingerprint density at radius 1 is 1.24 bits per heavy atom. The topological polar surface area (TPSA) is 38.3 Å². The van der Waals surface area contributed by atoms with Gasteiger partial charge < -0.3 is 10.1 Å². The number of anilines is 1. The lowest BCUT2D eigenvalue weighted by Crippen LogP contribution is -2.12. The van der Waals surface area contributed by atoms with E-state index in [1.807, 2.05) is 43.3 Å². The molecule has 2 rings (SSSR count). The lowest BCUT2D eigenvalue weighted by molar-refractivity contribution is -0.116. The van der Waals surface area contributed by atoms with Gasteiger partial charge in [0.15, 0.2) is 0 Å². The van der Waals surface area contributed by atoms with Crippen LogP contribution >= 0.6 is 11.6 Å². The molecule has 0 aliphatic rings. The van der Waals surface area contributed by atoms with Crippen LogP contribution in [0, 0.1) is 6.92 Å². The maximum atomic E-state index is 12.0. The molecule has 4 heteroatoms. The molecule has 2 aromatic carbocycles. The zero-order valence-electron chi connectivity index (χ0n) is 12.2. The van der Waals surface area contributed by atoms with Crippen LogP contribution < -0.4 is 10.1 Å². The summed E-state index contributed by atoms with van der Waals surface area (Å²) in [6, 6.07) is 13.3.